The largest absolute Gasteiger partial charge is 0.481 e. The smallest absolute Gasteiger partial charge is 0.313 e. The summed E-state index contributed by atoms with van der Waals surface area (Å²) in [6, 6.07) is 10.5. The number of aryl methyl sites for hydroxylation is 2. The topological polar surface area (TPSA) is 37.3 Å². The minimum Gasteiger partial charge on any atom is -0.481 e. The molecule has 0 saturated carbocycles. The Hall–Kier alpha value is -1.48. The van der Waals surface area contributed by atoms with E-state index in [0.717, 1.165) is 17.7 Å². The van der Waals surface area contributed by atoms with E-state index in [2.05, 4.69) is 30.3 Å². The van der Waals surface area contributed by atoms with Gasteiger partial charge in [-0.3, -0.25) is 4.79 Å². The van der Waals surface area contributed by atoms with Crippen molar-refractivity contribution < 1.29 is 9.90 Å². The lowest BCUT2D eigenvalue weighted by molar-refractivity contribution is -0.133. The van der Waals surface area contributed by atoms with Crippen LogP contribution in [0.25, 0.3) is 10.8 Å². The summed E-state index contributed by atoms with van der Waals surface area (Å²) in [5.74, 6) is -0.642. The molecule has 0 atom stereocenters. The molecular weight excluding hydrogens is 232 g/mol. The molecule has 0 heterocycles. The Morgan fingerprint density at radius 1 is 1.18 bits per heavy atom. The molecule has 0 unspecified atom stereocenters. The van der Waals surface area contributed by atoms with Gasteiger partial charge in [0.15, 0.2) is 0 Å². The average Bonchev–Trinajstić information content (AvgIpc) is 2.74. The zero-order valence-corrected chi connectivity index (χ0v) is 10.1. The third-order valence-electron chi connectivity index (χ3n) is 3.19. The summed E-state index contributed by atoms with van der Waals surface area (Å²) in [5, 5.41) is 11.3. The summed E-state index contributed by atoms with van der Waals surface area (Å²) in [4.78, 5) is 11.7. The summed E-state index contributed by atoms with van der Waals surface area (Å²) < 4.78 is 0. The maximum absolute atomic E-state index is 10.6. The van der Waals surface area contributed by atoms with E-state index in [1.165, 1.54) is 33.7 Å². The van der Waals surface area contributed by atoms with E-state index in [1.807, 2.05) is 0 Å². The van der Waals surface area contributed by atoms with Crippen molar-refractivity contribution in [3.63, 3.8) is 0 Å². The second kappa shape index (κ2) is 4.08. The maximum atomic E-state index is 10.6. The molecule has 1 aliphatic rings. The van der Waals surface area contributed by atoms with Gasteiger partial charge in [0.2, 0.25) is 0 Å². The predicted octanol–water partition coefficient (Wildman–Crippen LogP) is 3.12. The van der Waals surface area contributed by atoms with Crippen molar-refractivity contribution in [3.8, 4) is 0 Å². The Morgan fingerprint density at radius 2 is 1.94 bits per heavy atom. The number of thioether (sulfide) groups is 1. The van der Waals surface area contributed by atoms with Crippen LogP contribution in [0.2, 0.25) is 0 Å². The Bertz CT molecular complexity index is 594. The highest BCUT2D eigenvalue weighted by molar-refractivity contribution is 8.00. The number of carboxylic acids is 1. The maximum Gasteiger partial charge on any atom is 0.313 e. The second-order valence-electron chi connectivity index (χ2n) is 4.24. The molecule has 86 valence electrons. The minimum atomic E-state index is -0.766. The number of aliphatic carboxylic acids is 1. The third-order valence-corrected chi connectivity index (χ3v) is 4.25. The first kappa shape index (κ1) is 10.7. The quantitative estimate of drug-likeness (QED) is 0.843. The van der Waals surface area contributed by atoms with E-state index in [-0.39, 0.29) is 5.75 Å². The molecule has 0 aromatic heterocycles. The molecule has 0 saturated heterocycles. The van der Waals surface area contributed by atoms with Crippen LogP contribution >= 0.6 is 11.8 Å². The van der Waals surface area contributed by atoms with Gasteiger partial charge in [-0.05, 0) is 40.8 Å². The molecule has 1 N–H and O–H groups in total. The van der Waals surface area contributed by atoms with Crippen LogP contribution in [0.4, 0.5) is 0 Å². The lowest BCUT2D eigenvalue weighted by Crippen LogP contribution is -1.97. The molecule has 0 bridgehead atoms. The van der Waals surface area contributed by atoms with Gasteiger partial charge in [0.05, 0.1) is 5.75 Å². The number of carboxylic acid groups (broad SMARTS) is 1. The first-order valence-electron chi connectivity index (χ1n) is 5.64. The van der Waals surface area contributed by atoms with E-state index in [0.29, 0.717) is 0 Å². The van der Waals surface area contributed by atoms with E-state index in [9.17, 15) is 4.79 Å². The molecule has 2 aromatic carbocycles. The minimum absolute atomic E-state index is 0.124. The molecule has 2 aromatic rings. The van der Waals surface area contributed by atoms with Crippen molar-refractivity contribution in [2.45, 2.75) is 17.7 Å². The number of hydrogen-bond donors (Lipinski definition) is 1. The highest BCUT2D eigenvalue weighted by Crippen LogP contribution is 2.36. The van der Waals surface area contributed by atoms with Gasteiger partial charge in [0, 0.05) is 4.90 Å². The number of benzene rings is 2. The van der Waals surface area contributed by atoms with E-state index < -0.39 is 5.97 Å². The Morgan fingerprint density at radius 3 is 2.71 bits per heavy atom. The van der Waals surface area contributed by atoms with Gasteiger partial charge in [-0.25, -0.2) is 0 Å². The van der Waals surface area contributed by atoms with Gasteiger partial charge < -0.3 is 5.11 Å². The molecule has 0 aliphatic heterocycles. The fourth-order valence-corrected chi connectivity index (χ4v) is 3.25. The highest BCUT2D eigenvalue weighted by atomic mass is 32.2. The first-order valence-corrected chi connectivity index (χ1v) is 6.62. The van der Waals surface area contributed by atoms with Crippen molar-refractivity contribution in [2.24, 2.45) is 0 Å². The van der Waals surface area contributed by atoms with Crippen LogP contribution in [0, 0.1) is 0 Å². The zero-order valence-electron chi connectivity index (χ0n) is 9.27. The molecular formula is C14H12O2S. The number of rotatable bonds is 3. The van der Waals surface area contributed by atoms with Gasteiger partial charge in [0.1, 0.15) is 0 Å². The van der Waals surface area contributed by atoms with Crippen molar-refractivity contribution in [1.82, 2.24) is 0 Å². The van der Waals surface area contributed by atoms with Crippen LogP contribution in [-0.2, 0) is 17.6 Å². The van der Waals surface area contributed by atoms with E-state index in [1.54, 1.807) is 0 Å². The zero-order chi connectivity index (χ0) is 11.8. The lowest BCUT2D eigenvalue weighted by atomic mass is 10.1. The van der Waals surface area contributed by atoms with Gasteiger partial charge in [-0.1, -0.05) is 24.3 Å². The van der Waals surface area contributed by atoms with Crippen LogP contribution in [0.1, 0.15) is 11.1 Å². The monoisotopic (exact) mass is 244 g/mol. The molecule has 2 nitrogen and oxygen atoms in total. The van der Waals surface area contributed by atoms with Gasteiger partial charge >= 0.3 is 5.97 Å². The SMILES string of the molecule is O=C(O)CSc1ccc2c3c(cccc13)CC2. The number of hydrogen-bond acceptors (Lipinski definition) is 2. The predicted molar refractivity (Wildman–Crippen MR) is 69.7 cm³/mol. The van der Waals surface area contributed by atoms with Crippen molar-refractivity contribution in [2.75, 3.05) is 5.75 Å². The standard InChI is InChI=1S/C14H12O2S/c15-13(16)8-17-12-7-6-10-5-4-9-2-1-3-11(12)14(9)10/h1-3,6-7H,4-5,8H2,(H,15,16). The average molecular weight is 244 g/mol. The Kier molecular flexibility index (Phi) is 2.56. The molecule has 0 fully saturated rings. The fraction of sp³-hybridized carbons (Fsp3) is 0.214. The van der Waals surface area contributed by atoms with Crippen LogP contribution in [0.3, 0.4) is 0 Å². The second-order valence-corrected chi connectivity index (χ2v) is 5.26. The van der Waals surface area contributed by atoms with E-state index in [4.69, 9.17) is 5.11 Å². The highest BCUT2D eigenvalue weighted by Gasteiger charge is 2.16. The summed E-state index contributed by atoms with van der Waals surface area (Å²) in [6.07, 6.45) is 2.22. The fourth-order valence-electron chi connectivity index (χ4n) is 2.49. The Balaban J connectivity index is 2.12. The van der Waals surface area contributed by atoms with Gasteiger partial charge in [-0.15, -0.1) is 11.8 Å². The summed E-state index contributed by atoms with van der Waals surface area (Å²) >= 11 is 1.40. The number of carbonyl (C=O) groups is 1. The normalized spacial score (nSPS) is 13.2. The van der Waals surface area contributed by atoms with Crippen LogP contribution < -0.4 is 0 Å². The molecule has 1 aliphatic carbocycles. The molecule has 0 amide bonds. The molecule has 3 rings (SSSR count). The van der Waals surface area contributed by atoms with Crippen LogP contribution in [0.5, 0.6) is 0 Å². The molecule has 3 heteroatoms. The summed E-state index contributed by atoms with van der Waals surface area (Å²) in [6.45, 7) is 0. The van der Waals surface area contributed by atoms with Crippen molar-refractivity contribution in [1.29, 1.82) is 0 Å². The summed E-state index contributed by atoms with van der Waals surface area (Å²) in [7, 11) is 0. The molecule has 0 spiro atoms. The van der Waals surface area contributed by atoms with Gasteiger partial charge in [0.25, 0.3) is 0 Å². The third kappa shape index (κ3) is 1.80. The van der Waals surface area contributed by atoms with Crippen molar-refractivity contribution in [3.05, 3.63) is 41.5 Å². The molecule has 0 radical (unpaired) electrons. The Labute approximate surface area is 104 Å². The van der Waals surface area contributed by atoms with Crippen LogP contribution in [-0.4, -0.2) is 16.8 Å². The lowest BCUT2D eigenvalue weighted by Gasteiger charge is -2.07. The summed E-state index contributed by atoms with van der Waals surface area (Å²) in [5.41, 5.74) is 2.80. The van der Waals surface area contributed by atoms with E-state index >= 15 is 0 Å². The molecule has 17 heavy (non-hydrogen) atoms. The van der Waals surface area contributed by atoms with Crippen LogP contribution in [0.15, 0.2) is 35.2 Å². The van der Waals surface area contributed by atoms with Crippen molar-refractivity contribution >= 4 is 28.5 Å². The van der Waals surface area contributed by atoms with Gasteiger partial charge in [-0.2, -0.15) is 0 Å². The first-order chi connectivity index (χ1) is 8.25.